The molecule has 1 N–H and O–H groups in total. The molecule has 1 saturated carbocycles. The SMILES string of the molecule is CSC1CCCC1NC1CC2CCC(C1)N2C. The van der Waals surface area contributed by atoms with E-state index in [9.17, 15) is 0 Å². The predicted molar refractivity (Wildman–Crippen MR) is 75.7 cm³/mol. The smallest absolute Gasteiger partial charge is 0.0198 e. The number of rotatable bonds is 3. The Bertz CT molecular complexity index is 257. The highest BCUT2D eigenvalue weighted by molar-refractivity contribution is 7.99. The summed E-state index contributed by atoms with van der Waals surface area (Å²) in [5.74, 6) is 0. The molecule has 0 radical (unpaired) electrons. The molecule has 2 aliphatic heterocycles. The first-order valence-corrected chi connectivity index (χ1v) is 8.57. The van der Waals surface area contributed by atoms with E-state index < -0.39 is 0 Å². The summed E-state index contributed by atoms with van der Waals surface area (Å²) in [5.41, 5.74) is 0. The van der Waals surface area contributed by atoms with Gasteiger partial charge >= 0.3 is 0 Å². The summed E-state index contributed by atoms with van der Waals surface area (Å²) in [6.45, 7) is 0. The van der Waals surface area contributed by atoms with Crippen LogP contribution in [0, 0.1) is 0 Å². The second-order valence-electron chi connectivity index (χ2n) is 6.20. The number of piperidine rings is 1. The highest BCUT2D eigenvalue weighted by Gasteiger charge is 2.39. The van der Waals surface area contributed by atoms with Crippen molar-refractivity contribution in [1.29, 1.82) is 0 Å². The van der Waals surface area contributed by atoms with Crippen molar-refractivity contribution in [2.75, 3.05) is 13.3 Å². The molecular weight excluding hydrogens is 228 g/mol. The monoisotopic (exact) mass is 254 g/mol. The molecule has 98 valence electrons. The maximum absolute atomic E-state index is 3.99. The lowest BCUT2D eigenvalue weighted by Crippen LogP contribution is -2.51. The largest absolute Gasteiger partial charge is 0.310 e. The average Bonchev–Trinajstić information content (AvgIpc) is 2.82. The second kappa shape index (κ2) is 5.10. The first kappa shape index (κ1) is 12.3. The van der Waals surface area contributed by atoms with E-state index in [1.54, 1.807) is 0 Å². The first-order chi connectivity index (χ1) is 8.28. The van der Waals surface area contributed by atoms with E-state index in [1.807, 2.05) is 0 Å². The number of hydrogen-bond acceptors (Lipinski definition) is 3. The zero-order valence-electron chi connectivity index (χ0n) is 11.2. The Balaban J connectivity index is 1.56. The lowest BCUT2D eigenvalue weighted by Gasteiger charge is -2.38. The van der Waals surface area contributed by atoms with Gasteiger partial charge in [0.05, 0.1) is 0 Å². The molecule has 2 saturated heterocycles. The lowest BCUT2D eigenvalue weighted by molar-refractivity contribution is 0.143. The molecule has 1 aliphatic carbocycles. The van der Waals surface area contributed by atoms with E-state index in [4.69, 9.17) is 0 Å². The molecule has 2 heterocycles. The highest BCUT2D eigenvalue weighted by Crippen LogP contribution is 2.36. The van der Waals surface area contributed by atoms with Gasteiger partial charge in [0.15, 0.2) is 0 Å². The molecule has 0 amide bonds. The molecule has 3 fully saturated rings. The second-order valence-corrected chi connectivity index (χ2v) is 7.27. The summed E-state index contributed by atoms with van der Waals surface area (Å²) in [7, 11) is 2.33. The van der Waals surface area contributed by atoms with Crippen LogP contribution in [0.5, 0.6) is 0 Å². The van der Waals surface area contributed by atoms with E-state index in [0.29, 0.717) is 0 Å². The van der Waals surface area contributed by atoms with Crippen molar-refractivity contribution in [3.8, 4) is 0 Å². The first-order valence-electron chi connectivity index (χ1n) is 7.28. The third kappa shape index (κ3) is 2.39. The van der Waals surface area contributed by atoms with E-state index in [2.05, 4.69) is 35.3 Å². The van der Waals surface area contributed by atoms with Crippen molar-refractivity contribution in [2.24, 2.45) is 0 Å². The van der Waals surface area contributed by atoms with Crippen molar-refractivity contribution in [3.05, 3.63) is 0 Å². The minimum absolute atomic E-state index is 0.804. The highest BCUT2D eigenvalue weighted by atomic mass is 32.2. The van der Waals surface area contributed by atoms with E-state index >= 15 is 0 Å². The molecule has 2 nitrogen and oxygen atoms in total. The van der Waals surface area contributed by atoms with Gasteiger partial charge in [-0.2, -0.15) is 11.8 Å². The Morgan fingerprint density at radius 1 is 1.06 bits per heavy atom. The topological polar surface area (TPSA) is 15.3 Å². The van der Waals surface area contributed by atoms with Crippen LogP contribution in [0.1, 0.15) is 44.9 Å². The maximum atomic E-state index is 3.99. The van der Waals surface area contributed by atoms with Crippen LogP contribution in [-0.2, 0) is 0 Å². The van der Waals surface area contributed by atoms with Crippen LogP contribution in [0.4, 0.5) is 0 Å². The zero-order chi connectivity index (χ0) is 11.8. The Kier molecular flexibility index (Phi) is 3.69. The summed E-state index contributed by atoms with van der Waals surface area (Å²) in [6.07, 6.45) is 12.2. The van der Waals surface area contributed by atoms with Gasteiger partial charge in [-0.25, -0.2) is 0 Å². The molecule has 4 atom stereocenters. The van der Waals surface area contributed by atoms with Crippen LogP contribution >= 0.6 is 11.8 Å². The minimum atomic E-state index is 0.804. The van der Waals surface area contributed by atoms with Gasteiger partial charge in [0, 0.05) is 29.4 Å². The van der Waals surface area contributed by atoms with Crippen LogP contribution in [0.25, 0.3) is 0 Å². The predicted octanol–water partition coefficient (Wildman–Crippen LogP) is 2.49. The molecule has 4 unspecified atom stereocenters. The number of thioether (sulfide) groups is 1. The molecule has 0 aromatic heterocycles. The van der Waals surface area contributed by atoms with Gasteiger partial charge in [0.1, 0.15) is 0 Å². The molecule has 3 aliphatic rings. The fourth-order valence-corrected chi connectivity index (χ4v) is 5.19. The van der Waals surface area contributed by atoms with Crippen LogP contribution in [-0.4, -0.2) is 47.6 Å². The Hall–Kier alpha value is 0.270. The van der Waals surface area contributed by atoms with Gasteiger partial charge in [0.2, 0.25) is 0 Å². The standard InChI is InChI=1S/C14H26N2S/c1-16-11-6-7-12(16)9-10(8-11)15-13-4-3-5-14(13)17-2/h10-15H,3-9H2,1-2H3. The van der Waals surface area contributed by atoms with Gasteiger partial charge in [0.25, 0.3) is 0 Å². The maximum Gasteiger partial charge on any atom is 0.0198 e. The van der Waals surface area contributed by atoms with Gasteiger partial charge < -0.3 is 10.2 Å². The summed E-state index contributed by atoms with van der Waals surface area (Å²) in [5, 5.41) is 4.87. The zero-order valence-corrected chi connectivity index (χ0v) is 12.0. The van der Waals surface area contributed by atoms with Crippen molar-refractivity contribution >= 4 is 11.8 Å². The number of hydrogen-bond donors (Lipinski definition) is 1. The van der Waals surface area contributed by atoms with Crippen LogP contribution in [0.2, 0.25) is 0 Å². The van der Waals surface area contributed by atoms with Gasteiger partial charge in [-0.05, 0) is 51.8 Å². The molecule has 0 aromatic carbocycles. The summed E-state index contributed by atoms with van der Waals surface area (Å²) < 4.78 is 0. The summed E-state index contributed by atoms with van der Waals surface area (Å²) in [6, 6.07) is 3.36. The fourth-order valence-electron chi connectivity index (χ4n) is 4.25. The van der Waals surface area contributed by atoms with Crippen molar-refractivity contribution < 1.29 is 0 Å². The van der Waals surface area contributed by atoms with Gasteiger partial charge in [-0.3, -0.25) is 0 Å². The molecule has 3 heteroatoms. The molecular formula is C14H26N2S. The number of nitrogens with zero attached hydrogens (tertiary/aromatic N) is 1. The quantitative estimate of drug-likeness (QED) is 0.833. The molecule has 3 rings (SSSR count). The number of nitrogens with one attached hydrogen (secondary N) is 1. The summed E-state index contributed by atoms with van der Waals surface area (Å²) in [4.78, 5) is 2.64. The van der Waals surface area contributed by atoms with Crippen LogP contribution in [0.3, 0.4) is 0 Å². The lowest BCUT2D eigenvalue weighted by atomic mass is 9.97. The van der Waals surface area contributed by atoms with Crippen LogP contribution < -0.4 is 5.32 Å². The molecule has 2 bridgehead atoms. The third-order valence-electron chi connectivity index (χ3n) is 5.30. The van der Waals surface area contributed by atoms with Gasteiger partial charge in [-0.1, -0.05) is 6.42 Å². The van der Waals surface area contributed by atoms with E-state index in [1.165, 1.54) is 44.9 Å². The van der Waals surface area contributed by atoms with Crippen molar-refractivity contribution in [2.45, 2.75) is 74.4 Å². The van der Waals surface area contributed by atoms with Crippen LogP contribution in [0.15, 0.2) is 0 Å². The van der Waals surface area contributed by atoms with E-state index in [0.717, 1.165) is 29.4 Å². The Labute approximate surface area is 110 Å². The molecule has 0 aromatic rings. The third-order valence-corrected chi connectivity index (χ3v) is 6.47. The molecule has 17 heavy (non-hydrogen) atoms. The Morgan fingerprint density at radius 3 is 2.41 bits per heavy atom. The van der Waals surface area contributed by atoms with E-state index in [-0.39, 0.29) is 0 Å². The number of fused-ring (bicyclic) bond motifs is 2. The average molecular weight is 254 g/mol. The normalized spacial score (nSPS) is 46.6. The Morgan fingerprint density at radius 2 is 1.76 bits per heavy atom. The van der Waals surface area contributed by atoms with Crippen molar-refractivity contribution in [3.63, 3.8) is 0 Å². The molecule has 0 spiro atoms. The van der Waals surface area contributed by atoms with Crippen molar-refractivity contribution in [1.82, 2.24) is 10.2 Å². The van der Waals surface area contributed by atoms with Gasteiger partial charge in [-0.15, -0.1) is 0 Å². The summed E-state index contributed by atoms with van der Waals surface area (Å²) >= 11 is 2.07. The fraction of sp³-hybridized carbons (Fsp3) is 1.00. The minimum Gasteiger partial charge on any atom is -0.310 e.